The predicted octanol–water partition coefficient (Wildman–Crippen LogP) is 4.39. The van der Waals surface area contributed by atoms with Crippen molar-refractivity contribution >= 4 is 23.1 Å². The second-order valence-electron chi connectivity index (χ2n) is 7.11. The van der Waals surface area contributed by atoms with E-state index in [1.807, 2.05) is 6.07 Å². The minimum atomic E-state index is 0.690. The van der Waals surface area contributed by atoms with Crippen LogP contribution >= 0.6 is 11.6 Å². The lowest BCUT2D eigenvalue weighted by Crippen LogP contribution is -2.41. The quantitative estimate of drug-likeness (QED) is 0.690. The Bertz CT molecular complexity index is 595. The fourth-order valence-electron chi connectivity index (χ4n) is 5.18. The molecule has 20 heavy (non-hydrogen) atoms. The van der Waals surface area contributed by atoms with Gasteiger partial charge in [0.15, 0.2) is 0 Å². The summed E-state index contributed by atoms with van der Waals surface area (Å²) in [5.41, 5.74) is 2.35. The molecule has 0 aromatic heterocycles. The lowest BCUT2D eigenvalue weighted by molar-refractivity contribution is 0.128. The van der Waals surface area contributed by atoms with Crippen LogP contribution in [0.2, 0.25) is 5.02 Å². The van der Waals surface area contributed by atoms with E-state index in [9.17, 15) is 0 Å². The van der Waals surface area contributed by atoms with Crippen molar-refractivity contribution in [2.45, 2.75) is 44.7 Å². The second kappa shape index (κ2) is 4.00. The second-order valence-corrected chi connectivity index (χ2v) is 7.51. The van der Waals surface area contributed by atoms with Crippen LogP contribution < -0.4 is 0 Å². The highest BCUT2D eigenvalue weighted by Gasteiger charge is 2.46. The first-order chi connectivity index (χ1) is 9.78. The highest BCUT2D eigenvalue weighted by molar-refractivity contribution is 6.33. The van der Waals surface area contributed by atoms with Gasteiger partial charge in [-0.05, 0) is 55.6 Å². The Balaban J connectivity index is 1.66. The Hall–Kier alpha value is -1.02. The van der Waals surface area contributed by atoms with E-state index in [0.717, 1.165) is 35.1 Å². The van der Waals surface area contributed by atoms with E-state index >= 15 is 0 Å². The smallest absolute Gasteiger partial charge is 0.109 e. The molecule has 0 amide bonds. The van der Waals surface area contributed by atoms with Crippen molar-refractivity contribution in [1.82, 2.24) is 4.90 Å². The molecule has 4 fully saturated rings. The van der Waals surface area contributed by atoms with E-state index in [-0.39, 0.29) is 0 Å². The van der Waals surface area contributed by atoms with Crippen molar-refractivity contribution in [1.29, 1.82) is 0 Å². The van der Waals surface area contributed by atoms with Crippen molar-refractivity contribution in [3.63, 3.8) is 0 Å². The molecule has 0 N–H and O–H groups in total. The Morgan fingerprint density at radius 2 is 1.85 bits per heavy atom. The molecule has 2 nitrogen and oxygen atoms in total. The van der Waals surface area contributed by atoms with Crippen molar-refractivity contribution in [2.24, 2.45) is 22.7 Å². The molecule has 2 unspecified atom stereocenters. The van der Waals surface area contributed by atoms with Crippen LogP contribution in [0.4, 0.5) is 5.69 Å². The predicted molar refractivity (Wildman–Crippen MR) is 81.4 cm³/mol. The lowest BCUT2D eigenvalue weighted by Gasteiger charge is -2.39. The van der Waals surface area contributed by atoms with Gasteiger partial charge in [-0.25, -0.2) is 4.99 Å². The van der Waals surface area contributed by atoms with Crippen molar-refractivity contribution in [3.8, 4) is 0 Å². The SMILES string of the molecule is Clc1cccc2c1N=C1C3CC4CC(C3)CC(C4)N1C2. The first-order valence-corrected chi connectivity index (χ1v) is 8.28. The van der Waals surface area contributed by atoms with Crippen molar-refractivity contribution in [2.75, 3.05) is 0 Å². The number of halogens is 1. The van der Waals surface area contributed by atoms with Crippen LogP contribution in [0.25, 0.3) is 0 Å². The van der Waals surface area contributed by atoms with E-state index in [2.05, 4.69) is 17.0 Å². The molecular formula is C17H19ClN2. The number of hydrogen-bond donors (Lipinski definition) is 0. The Morgan fingerprint density at radius 1 is 1.05 bits per heavy atom. The molecular weight excluding hydrogens is 268 g/mol. The normalized spacial score (nSPS) is 37.2. The molecule has 2 saturated heterocycles. The number of para-hydroxylation sites is 1. The molecule has 3 aliphatic heterocycles. The summed E-state index contributed by atoms with van der Waals surface area (Å²) in [5.74, 6) is 3.95. The van der Waals surface area contributed by atoms with Crippen LogP contribution in [0.5, 0.6) is 0 Å². The third-order valence-corrected chi connectivity index (χ3v) is 6.16. The van der Waals surface area contributed by atoms with Gasteiger partial charge in [-0.2, -0.15) is 0 Å². The maximum Gasteiger partial charge on any atom is 0.109 e. The Kier molecular flexibility index (Phi) is 2.33. The standard InChI is InChI=1S/C17H19ClN2/c18-15-3-1-2-12-9-20-14-7-10-4-11(8-14)6-13(5-10)17(20)19-16(12)15/h1-3,10-11,13-14H,4-9H2. The zero-order chi connectivity index (χ0) is 13.3. The highest BCUT2D eigenvalue weighted by Crippen LogP contribution is 2.50. The van der Waals surface area contributed by atoms with Gasteiger partial charge in [-0.3, -0.25) is 0 Å². The minimum absolute atomic E-state index is 0.690. The average Bonchev–Trinajstić information content (AvgIpc) is 2.60. The molecule has 1 aromatic rings. The van der Waals surface area contributed by atoms with Gasteiger partial charge in [0.05, 0.1) is 10.7 Å². The first-order valence-electron chi connectivity index (χ1n) is 7.90. The molecule has 0 radical (unpaired) electrons. The van der Waals surface area contributed by atoms with Gasteiger partial charge in [-0.1, -0.05) is 23.7 Å². The molecule has 2 aliphatic carbocycles. The summed E-state index contributed by atoms with van der Waals surface area (Å²) in [5, 5.41) is 0.818. The van der Waals surface area contributed by atoms with Gasteiger partial charge in [0.25, 0.3) is 0 Å². The highest BCUT2D eigenvalue weighted by atomic mass is 35.5. The number of amidine groups is 1. The van der Waals surface area contributed by atoms with Gasteiger partial charge in [-0.15, -0.1) is 0 Å². The number of hydrogen-bond acceptors (Lipinski definition) is 2. The summed E-state index contributed by atoms with van der Waals surface area (Å²) in [6, 6.07) is 6.96. The van der Waals surface area contributed by atoms with E-state index in [1.165, 1.54) is 43.5 Å². The minimum Gasteiger partial charge on any atom is -0.352 e. The van der Waals surface area contributed by atoms with Gasteiger partial charge in [0.2, 0.25) is 0 Å². The fourth-order valence-corrected chi connectivity index (χ4v) is 5.42. The van der Waals surface area contributed by atoms with E-state index in [4.69, 9.17) is 16.6 Å². The van der Waals surface area contributed by atoms with E-state index in [0.29, 0.717) is 5.92 Å². The monoisotopic (exact) mass is 286 g/mol. The van der Waals surface area contributed by atoms with Crippen molar-refractivity contribution < 1.29 is 0 Å². The van der Waals surface area contributed by atoms with Crippen LogP contribution in [0.3, 0.4) is 0 Å². The van der Waals surface area contributed by atoms with Gasteiger partial charge in [0, 0.05) is 18.5 Å². The number of nitrogens with zero attached hydrogens (tertiary/aromatic N) is 2. The molecule has 5 aliphatic rings. The number of benzene rings is 1. The summed E-state index contributed by atoms with van der Waals surface area (Å²) in [6.07, 6.45) is 6.98. The molecule has 3 heteroatoms. The first kappa shape index (κ1) is 11.6. The summed E-state index contributed by atoms with van der Waals surface area (Å²) in [4.78, 5) is 7.66. The maximum atomic E-state index is 6.37. The third-order valence-electron chi connectivity index (χ3n) is 5.85. The average molecular weight is 287 g/mol. The summed E-state index contributed by atoms with van der Waals surface area (Å²) in [6.45, 7) is 1.02. The molecule has 104 valence electrons. The van der Waals surface area contributed by atoms with Crippen LogP contribution in [0, 0.1) is 17.8 Å². The van der Waals surface area contributed by atoms with Gasteiger partial charge >= 0.3 is 0 Å². The maximum absolute atomic E-state index is 6.37. The third kappa shape index (κ3) is 1.54. The van der Waals surface area contributed by atoms with Crippen LogP contribution in [-0.2, 0) is 6.54 Å². The van der Waals surface area contributed by atoms with E-state index < -0.39 is 0 Å². The van der Waals surface area contributed by atoms with Crippen molar-refractivity contribution in [3.05, 3.63) is 28.8 Å². The Labute approximate surface area is 124 Å². The zero-order valence-corrected chi connectivity index (χ0v) is 12.3. The fraction of sp³-hybridized carbons (Fsp3) is 0.588. The number of aliphatic imine (C=N–C) groups is 1. The van der Waals surface area contributed by atoms with Crippen LogP contribution in [0.1, 0.15) is 37.7 Å². The summed E-state index contributed by atoms with van der Waals surface area (Å²) < 4.78 is 0. The molecule has 6 rings (SSSR count). The summed E-state index contributed by atoms with van der Waals surface area (Å²) in [7, 11) is 0. The Morgan fingerprint density at radius 3 is 2.65 bits per heavy atom. The zero-order valence-electron chi connectivity index (χ0n) is 11.6. The largest absolute Gasteiger partial charge is 0.352 e. The molecule has 0 spiro atoms. The lowest BCUT2D eigenvalue weighted by atomic mass is 9.68. The molecule has 2 saturated carbocycles. The number of rotatable bonds is 0. The van der Waals surface area contributed by atoms with Gasteiger partial charge in [0.1, 0.15) is 5.84 Å². The molecule has 1 aromatic carbocycles. The van der Waals surface area contributed by atoms with Crippen LogP contribution in [-0.4, -0.2) is 16.8 Å². The molecule has 3 heterocycles. The van der Waals surface area contributed by atoms with Gasteiger partial charge < -0.3 is 4.90 Å². The molecule has 2 atom stereocenters. The van der Waals surface area contributed by atoms with E-state index in [1.54, 1.807) is 0 Å². The molecule has 4 bridgehead atoms. The topological polar surface area (TPSA) is 15.6 Å². The number of fused-ring (bicyclic) bond motifs is 1. The summed E-state index contributed by atoms with van der Waals surface area (Å²) >= 11 is 6.37. The van der Waals surface area contributed by atoms with Crippen LogP contribution in [0.15, 0.2) is 23.2 Å².